The second-order valence-electron chi connectivity index (χ2n) is 9.40. The number of nitrogens with zero attached hydrogens (tertiary/aromatic N) is 3. The van der Waals surface area contributed by atoms with Gasteiger partial charge in [0.15, 0.2) is 5.60 Å². The molecule has 3 N–H and O–H groups in total. The van der Waals surface area contributed by atoms with Crippen LogP contribution in [0.25, 0.3) is 5.69 Å². The van der Waals surface area contributed by atoms with Gasteiger partial charge in [-0.3, -0.25) is 9.59 Å². The highest BCUT2D eigenvalue weighted by molar-refractivity contribution is 6.31. The van der Waals surface area contributed by atoms with Gasteiger partial charge in [0.2, 0.25) is 5.88 Å². The molecule has 10 nitrogen and oxygen atoms in total. The quantitative estimate of drug-likeness (QED) is 0.275. The molecule has 0 spiro atoms. The summed E-state index contributed by atoms with van der Waals surface area (Å²) in [7, 11) is 2.87. The van der Waals surface area contributed by atoms with Gasteiger partial charge in [0.05, 0.1) is 26.0 Å². The van der Waals surface area contributed by atoms with E-state index in [0.717, 1.165) is 0 Å². The number of carbonyl (C=O) groups excluding carboxylic acids is 2. The number of carbonyl (C=O) groups is 2. The number of rotatable bonds is 7. The molecular weight excluding hydrogens is 557 g/mol. The molecule has 12 heteroatoms. The monoisotopic (exact) mass is 581 g/mol. The fourth-order valence-electron chi connectivity index (χ4n) is 4.88. The number of fused-ring (bicyclic) bond motifs is 1. The Morgan fingerprint density at radius 3 is 2.55 bits per heavy atom. The van der Waals surface area contributed by atoms with E-state index in [1.54, 1.807) is 47.0 Å². The molecule has 1 aliphatic heterocycles. The second kappa shape index (κ2) is 10.5. The summed E-state index contributed by atoms with van der Waals surface area (Å²) in [6.07, 6.45) is 3.00. The Balaban J connectivity index is 1.80. The maximum absolute atomic E-state index is 13.9. The number of amides is 2. The van der Waals surface area contributed by atoms with Crippen molar-refractivity contribution in [3.05, 3.63) is 87.3 Å². The fourth-order valence-corrected chi connectivity index (χ4v) is 5.24. The number of hydrogen-bond acceptors (Lipinski definition) is 7. The van der Waals surface area contributed by atoms with Crippen molar-refractivity contribution < 1.29 is 24.2 Å². The Morgan fingerprint density at radius 2 is 1.88 bits per heavy atom. The Labute approximate surface area is 239 Å². The molecule has 0 fully saturated rings. The molecule has 2 aromatic carbocycles. The van der Waals surface area contributed by atoms with Crippen molar-refractivity contribution in [3.63, 3.8) is 0 Å². The molecule has 3 heterocycles. The largest absolute Gasteiger partial charge is 0.479 e. The lowest BCUT2D eigenvalue weighted by molar-refractivity contribution is -0.129. The maximum atomic E-state index is 13.9. The zero-order valence-electron chi connectivity index (χ0n) is 22.0. The molecule has 2 amide bonds. The molecule has 0 aliphatic carbocycles. The first kappa shape index (κ1) is 27.4. The van der Waals surface area contributed by atoms with E-state index in [1.807, 2.05) is 13.8 Å². The lowest BCUT2D eigenvalue weighted by Gasteiger charge is -2.26. The van der Waals surface area contributed by atoms with Crippen molar-refractivity contribution in [1.82, 2.24) is 14.5 Å². The van der Waals surface area contributed by atoms with Crippen LogP contribution >= 0.6 is 23.2 Å². The summed E-state index contributed by atoms with van der Waals surface area (Å²) in [5, 5.41) is 18.6. The summed E-state index contributed by atoms with van der Waals surface area (Å²) >= 11 is 12.3. The topological polar surface area (TPSA) is 128 Å². The van der Waals surface area contributed by atoms with Gasteiger partial charge in [-0.1, -0.05) is 49.2 Å². The normalized spacial score (nSPS) is 16.1. The van der Waals surface area contributed by atoms with Crippen LogP contribution in [0.5, 0.6) is 11.9 Å². The zero-order valence-corrected chi connectivity index (χ0v) is 23.5. The van der Waals surface area contributed by atoms with E-state index in [2.05, 4.69) is 20.6 Å². The van der Waals surface area contributed by atoms with Crippen molar-refractivity contribution in [2.24, 2.45) is 0 Å². The van der Waals surface area contributed by atoms with Crippen LogP contribution in [-0.2, 0) is 10.4 Å². The Morgan fingerprint density at radius 1 is 1.12 bits per heavy atom. The van der Waals surface area contributed by atoms with Crippen molar-refractivity contribution in [2.75, 3.05) is 24.9 Å². The Kier molecular flexibility index (Phi) is 7.17. The van der Waals surface area contributed by atoms with Gasteiger partial charge in [-0.05, 0) is 36.2 Å². The van der Waals surface area contributed by atoms with E-state index in [0.29, 0.717) is 32.8 Å². The third kappa shape index (κ3) is 4.53. The molecule has 40 heavy (non-hydrogen) atoms. The molecule has 1 unspecified atom stereocenters. The van der Waals surface area contributed by atoms with E-state index >= 15 is 0 Å². The highest BCUT2D eigenvalue weighted by atomic mass is 35.5. The summed E-state index contributed by atoms with van der Waals surface area (Å²) in [5.74, 6) is -1.44. The van der Waals surface area contributed by atoms with E-state index in [4.69, 9.17) is 32.7 Å². The van der Waals surface area contributed by atoms with Crippen LogP contribution in [0.2, 0.25) is 10.0 Å². The van der Waals surface area contributed by atoms with Crippen LogP contribution in [0.15, 0.2) is 54.9 Å². The molecule has 4 aromatic rings. The summed E-state index contributed by atoms with van der Waals surface area (Å²) in [4.78, 5) is 35.9. The van der Waals surface area contributed by atoms with Crippen LogP contribution < -0.4 is 20.1 Å². The standard InChI is InChI=1S/C28H25Cl2N5O5/c1-14(2)23-22(28(38)19-9-8-16(30)11-20(19)33-26(28)37)18(24(36)32-17-7-5-6-15(29)10-17)13-35(23)21-12-31-27(40-4)34-25(21)39-3/h5-14,38H,1-4H3,(H,32,36)(H,33,37). The predicted molar refractivity (Wildman–Crippen MR) is 151 cm³/mol. The maximum Gasteiger partial charge on any atom is 0.319 e. The average Bonchev–Trinajstić information content (AvgIpc) is 3.44. The highest BCUT2D eigenvalue weighted by Gasteiger charge is 2.51. The van der Waals surface area contributed by atoms with Gasteiger partial charge in [0.1, 0.15) is 5.69 Å². The smallest absolute Gasteiger partial charge is 0.319 e. The Bertz CT molecular complexity index is 1650. The molecule has 0 saturated carbocycles. The SMILES string of the molecule is COc1ncc(-n2cc(C(=O)Nc3cccc(Cl)c3)c(C3(O)C(=O)Nc4cc(Cl)ccc43)c2C(C)C)c(OC)n1. The minimum atomic E-state index is -2.23. The van der Waals surface area contributed by atoms with E-state index in [-0.39, 0.29) is 34.5 Å². The van der Waals surface area contributed by atoms with Crippen LogP contribution in [0.4, 0.5) is 11.4 Å². The number of benzene rings is 2. The molecule has 0 radical (unpaired) electrons. The number of aliphatic hydroxyl groups is 1. The number of hydrogen-bond donors (Lipinski definition) is 3. The second-order valence-corrected chi connectivity index (χ2v) is 10.3. The summed E-state index contributed by atoms with van der Waals surface area (Å²) in [5.41, 5.74) is -0.225. The lowest BCUT2D eigenvalue weighted by atomic mass is 9.82. The van der Waals surface area contributed by atoms with Gasteiger partial charge in [0, 0.05) is 44.4 Å². The van der Waals surface area contributed by atoms with E-state index in [1.165, 1.54) is 26.6 Å². The van der Waals surface area contributed by atoms with E-state index in [9.17, 15) is 14.7 Å². The molecule has 5 rings (SSSR count). The van der Waals surface area contributed by atoms with Crippen LogP contribution in [-0.4, -0.2) is 45.7 Å². The number of aromatic nitrogens is 3. The van der Waals surface area contributed by atoms with Crippen molar-refractivity contribution in [2.45, 2.75) is 25.4 Å². The van der Waals surface area contributed by atoms with Gasteiger partial charge >= 0.3 is 6.01 Å². The number of nitrogens with one attached hydrogen (secondary N) is 2. The fraction of sp³-hybridized carbons (Fsp3) is 0.214. The first-order chi connectivity index (χ1) is 19.1. The molecule has 1 aliphatic rings. The minimum Gasteiger partial charge on any atom is -0.479 e. The van der Waals surface area contributed by atoms with E-state index < -0.39 is 17.4 Å². The van der Waals surface area contributed by atoms with Gasteiger partial charge < -0.3 is 29.8 Å². The van der Waals surface area contributed by atoms with Gasteiger partial charge in [-0.15, -0.1) is 0 Å². The van der Waals surface area contributed by atoms with Crippen LogP contribution in [0.1, 0.15) is 46.9 Å². The number of anilines is 2. The molecule has 0 bridgehead atoms. The summed E-state index contributed by atoms with van der Waals surface area (Å²) in [6.45, 7) is 3.76. The molecular formula is C28H25Cl2N5O5. The first-order valence-electron chi connectivity index (χ1n) is 12.2. The van der Waals surface area contributed by atoms with Gasteiger partial charge in [-0.25, -0.2) is 4.98 Å². The Hall–Kier alpha value is -4.12. The summed E-state index contributed by atoms with van der Waals surface area (Å²) < 4.78 is 12.3. The van der Waals surface area contributed by atoms with Gasteiger partial charge in [0.25, 0.3) is 11.8 Å². The van der Waals surface area contributed by atoms with Crippen molar-refractivity contribution >= 4 is 46.4 Å². The first-order valence-corrected chi connectivity index (χ1v) is 13.0. The summed E-state index contributed by atoms with van der Waals surface area (Å²) in [6, 6.07) is 11.4. The molecule has 206 valence electrons. The number of methoxy groups -OCH3 is 2. The highest BCUT2D eigenvalue weighted by Crippen LogP contribution is 2.47. The zero-order chi connectivity index (χ0) is 28.8. The number of ether oxygens (including phenoxy) is 2. The third-order valence-electron chi connectivity index (χ3n) is 6.58. The van der Waals surface area contributed by atoms with Crippen molar-refractivity contribution in [1.29, 1.82) is 0 Å². The minimum absolute atomic E-state index is 0.0435. The van der Waals surface area contributed by atoms with Crippen LogP contribution in [0, 0.1) is 0 Å². The molecule has 0 saturated heterocycles. The lowest BCUT2D eigenvalue weighted by Crippen LogP contribution is -2.38. The van der Waals surface area contributed by atoms with Gasteiger partial charge in [-0.2, -0.15) is 4.98 Å². The van der Waals surface area contributed by atoms with Crippen LogP contribution in [0.3, 0.4) is 0 Å². The molecule has 1 atom stereocenters. The number of halogens is 2. The average molecular weight is 582 g/mol. The molecule has 2 aromatic heterocycles. The third-order valence-corrected chi connectivity index (χ3v) is 7.05. The van der Waals surface area contributed by atoms with Crippen molar-refractivity contribution in [3.8, 4) is 17.6 Å². The predicted octanol–water partition coefficient (Wildman–Crippen LogP) is 5.16.